The van der Waals surface area contributed by atoms with Gasteiger partial charge in [0.1, 0.15) is 23.6 Å². The Labute approximate surface area is 205 Å². The number of amides is 1. The van der Waals surface area contributed by atoms with E-state index in [4.69, 9.17) is 4.52 Å². The van der Waals surface area contributed by atoms with Crippen LogP contribution in [-0.4, -0.2) is 25.6 Å². The molecule has 3 aromatic heterocycles. The van der Waals surface area contributed by atoms with Crippen LogP contribution in [0.3, 0.4) is 0 Å². The molecule has 0 aliphatic heterocycles. The van der Waals surface area contributed by atoms with Crippen molar-refractivity contribution in [2.75, 3.05) is 5.32 Å². The number of aromatic nitrogens is 4. The first-order valence-electron chi connectivity index (χ1n) is 11.3. The fourth-order valence-electron chi connectivity index (χ4n) is 3.98. The summed E-state index contributed by atoms with van der Waals surface area (Å²) in [6.07, 6.45) is 1.50. The highest BCUT2D eigenvalue weighted by Gasteiger charge is 2.19. The minimum Gasteiger partial charge on any atom is -0.333 e. The first-order valence-corrected chi connectivity index (χ1v) is 11.3. The molecule has 36 heavy (non-hydrogen) atoms. The number of anilines is 1. The number of halogens is 1. The number of nitrogens with one attached hydrogen (secondary N) is 1. The average Bonchev–Trinajstić information content (AvgIpc) is 3.33. The summed E-state index contributed by atoms with van der Waals surface area (Å²) in [7, 11) is 0. The smallest absolute Gasteiger partial charge is 0.263 e. The Morgan fingerprint density at radius 2 is 1.81 bits per heavy atom. The van der Waals surface area contributed by atoms with E-state index in [0.29, 0.717) is 28.0 Å². The maximum absolute atomic E-state index is 13.3. The molecule has 5 rings (SSSR count). The van der Waals surface area contributed by atoms with E-state index in [1.165, 1.54) is 30.5 Å². The lowest BCUT2D eigenvalue weighted by molar-refractivity contribution is -0.116. The summed E-state index contributed by atoms with van der Waals surface area (Å²) in [6.45, 7) is 5.63. The zero-order chi connectivity index (χ0) is 25.4. The molecule has 0 aliphatic rings. The topological polar surface area (TPSA) is 103 Å². The van der Waals surface area contributed by atoms with Gasteiger partial charge >= 0.3 is 0 Å². The molecule has 8 nitrogen and oxygen atoms in total. The van der Waals surface area contributed by atoms with E-state index in [1.807, 2.05) is 39.0 Å². The van der Waals surface area contributed by atoms with Gasteiger partial charge in [0.15, 0.2) is 0 Å². The molecule has 0 spiro atoms. The van der Waals surface area contributed by atoms with E-state index >= 15 is 0 Å². The molecule has 0 radical (unpaired) electrons. The van der Waals surface area contributed by atoms with E-state index in [-0.39, 0.29) is 41.0 Å². The van der Waals surface area contributed by atoms with Gasteiger partial charge in [-0.2, -0.15) is 4.98 Å². The lowest BCUT2D eigenvalue weighted by Crippen LogP contribution is -2.22. The number of pyridine rings is 2. The Kier molecular flexibility index (Phi) is 5.89. The van der Waals surface area contributed by atoms with E-state index in [2.05, 4.69) is 20.4 Å². The predicted molar refractivity (Wildman–Crippen MR) is 134 cm³/mol. The summed E-state index contributed by atoms with van der Waals surface area (Å²) >= 11 is 0. The molecular weight excluding hydrogens is 461 g/mol. The monoisotopic (exact) mass is 483 g/mol. The standard InChI is InChI=1S/C27H22FN5O3/c1-15-4-11-22(16(2)12-15)30-23(34)14-33-13-21(24(35)20-10-5-17(3)29-26(20)33)27-31-25(32-36-27)18-6-8-19(28)9-7-18/h4-13H,14H2,1-3H3,(H,30,34). The molecular formula is C27H22FN5O3. The van der Waals surface area contributed by atoms with Crippen LogP contribution in [0.25, 0.3) is 33.9 Å². The van der Waals surface area contributed by atoms with Gasteiger partial charge < -0.3 is 14.4 Å². The highest BCUT2D eigenvalue weighted by molar-refractivity contribution is 5.92. The number of aryl methyl sites for hydroxylation is 3. The minimum atomic E-state index is -0.387. The molecule has 0 atom stereocenters. The molecule has 0 aliphatic carbocycles. The number of rotatable bonds is 5. The van der Waals surface area contributed by atoms with Gasteiger partial charge in [-0.15, -0.1) is 0 Å². The largest absolute Gasteiger partial charge is 0.333 e. The van der Waals surface area contributed by atoms with Crippen LogP contribution in [0, 0.1) is 26.6 Å². The third kappa shape index (κ3) is 4.50. The van der Waals surface area contributed by atoms with Crippen molar-refractivity contribution in [1.82, 2.24) is 19.7 Å². The van der Waals surface area contributed by atoms with Gasteiger partial charge in [-0.1, -0.05) is 22.9 Å². The van der Waals surface area contributed by atoms with Crippen molar-refractivity contribution in [1.29, 1.82) is 0 Å². The minimum absolute atomic E-state index is 0.00895. The van der Waals surface area contributed by atoms with Crippen LogP contribution < -0.4 is 10.7 Å². The summed E-state index contributed by atoms with van der Waals surface area (Å²) in [6, 6.07) is 14.8. The average molecular weight is 484 g/mol. The first-order chi connectivity index (χ1) is 17.3. The van der Waals surface area contributed by atoms with Gasteiger partial charge in [0, 0.05) is 23.1 Å². The molecule has 180 valence electrons. The van der Waals surface area contributed by atoms with E-state index < -0.39 is 0 Å². The zero-order valence-electron chi connectivity index (χ0n) is 19.9. The number of hydrogen-bond acceptors (Lipinski definition) is 6. The third-order valence-corrected chi connectivity index (χ3v) is 5.79. The SMILES string of the molecule is Cc1ccc(NC(=O)Cn2cc(-c3nc(-c4ccc(F)cc4)no3)c(=O)c3ccc(C)nc32)c(C)c1. The predicted octanol–water partition coefficient (Wildman–Crippen LogP) is 4.82. The lowest BCUT2D eigenvalue weighted by atomic mass is 10.1. The van der Waals surface area contributed by atoms with Crippen LogP contribution in [0.15, 0.2) is 70.1 Å². The van der Waals surface area contributed by atoms with Crippen molar-refractivity contribution in [2.24, 2.45) is 0 Å². The van der Waals surface area contributed by atoms with Crippen molar-refractivity contribution in [2.45, 2.75) is 27.3 Å². The Hall–Kier alpha value is -4.66. The van der Waals surface area contributed by atoms with E-state index in [0.717, 1.165) is 11.1 Å². The van der Waals surface area contributed by atoms with Crippen LogP contribution >= 0.6 is 0 Å². The quantitative estimate of drug-likeness (QED) is 0.385. The number of hydrogen-bond donors (Lipinski definition) is 1. The van der Waals surface area contributed by atoms with Gasteiger partial charge in [0.25, 0.3) is 5.89 Å². The maximum atomic E-state index is 13.3. The van der Waals surface area contributed by atoms with Crippen molar-refractivity contribution < 1.29 is 13.7 Å². The molecule has 0 bridgehead atoms. The number of carbonyl (C=O) groups is 1. The second kappa shape index (κ2) is 9.18. The van der Waals surface area contributed by atoms with Gasteiger partial charge in [0.05, 0.1) is 5.39 Å². The molecule has 0 saturated carbocycles. The van der Waals surface area contributed by atoms with Crippen molar-refractivity contribution in [3.05, 3.63) is 93.7 Å². The van der Waals surface area contributed by atoms with Crippen LogP contribution in [0.1, 0.15) is 16.8 Å². The Morgan fingerprint density at radius 1 is 1.03 bits per heavy atom. The Balaban J connectivity index is 1.54. The molecule has 3 heterocycles. The van der Waals surface area contributed by atoms with Crippen molar-refractivity contribution in [3.8, 4) is 22.8 Å². The Morgan fingerprint density at radius 3 is 2.56 bits per heavy atom. The molecule has 0 saturated heterocycles. The highest BCUT2D eigenvalue weighted by Crippen LogP contribution is 2.23. The van der Waals surface area contributed by atoms with E-state index in [9.17, 15) is 14.0 Å². The number of fused-ring (bicyclic) bond motifs is 1. The number of nitrogens with zero attached hydrogens (tertiary/aromatic N) is 4. The molecule has 0 fully saturated rings. The maximum Gasteiger partial charge on any atom is 0.263 e. The highest BCUT2D eigenvalue weighted by atomic mass is 19.1. The van der Waals surface area contributed by atoms with Crippen LogP contribution in [-0.2, 0) is 11.3 Å². The van der Waals surface area contributed by atoms with Gasteiger partial charge in [-0.25, -0.2) is 9.37 Å². The molecule has 0 unspecified atom stereocenters. The molecule has 9 heteroatoms. The van der Waals surface area contributed by atoms with Gasteiger partial charge in [-0.05, 0) is 68.8 Å². The first kappa shape index (κ1) is 23.1. The van der Waals surface area contributed by atoms with E-state index in [1.54, 1.807) is 16.7 Å². The summed E-state index contributed by atoms with van der Waals surface area (Å²) < 4.78 is 20.3. The van der Waals surface area contributed by atoms with Gasteiger partial charge in [-0.3, -0.25) is 9.59 Å². The summed E-state index contributed by atoms with van der Waals surface area (Å²) in [5, 5.41) is 7.18. The zero-order valence-corrected chi connectivity index (χ0v) is 19.9. The summed E-state index contributed by atoms with van der Waals surface area (Å²) in [5.41, 5.74) is 4.15. The summed E-state index contributed by atoms with van der Waals surface area (Å²) in [4.78, 5) is 35.1. The second-order valence-electron chi connectivity index (χ2n) is 8.62. The molecule has 1 N–H and O–H groups in total. The van der Waals surface area contributed by atoms with Gasteiger partial charge in [0.2, 0.25) is 17.2 Å². The van der Waals surface area contributed by atoms with Crippen molar-refractivity contribution >= 4 is 22.6 Å². The van der Waals surface area contributed by atoms with Crippen LogP contribution in [0.2, 0.25) is 0 Å². The second-order valence-corrected chi connectivity index (χ2v) is 8.62. The third-order valence-electron chi connectivity index (χ3n) is 5.79. The van der Waals surface area contributed by atoms with Crippen LogP contribution in [0.4, 0.5) is 10.1 Å². The Bertz CT molecular complexity index is 1670. The summed E-state index contributed by atoms with van der Waals surface area (Å²) in [5.74, 6) is -0.462. The normalized spacial score (nSPS) is 11.1. The molecule has 1 amide bonds. The van der Waals surface area contributed by atoms with Crippen molar-refractivity contribution in [3.63, 3.8) is 0 Å². The molecule has 2 aromatic carbocycles. The lowest BCUT2D eigenvalue weighted by Gasteiger charge is -2.13. The fraction of sp³-hybridized carbons (Fsp3) is 0.148. The fourth-order valence-corrected chi connectivity index (χ4v) is 3.98. The number of benzene rings is 2. The van der Waals surface area contributed by atoms with Crippen LogP contribution in [0.5, 0.6) is 0 Å². The number of carbonyl (C=O) groups excluding carboxylic acids is 1. The molecule has 5 aromatic rings.